The molecule has 1 N–H and O–H groups in total. The Morgan fingerprint density at radius 2 is 1.68 bits per heavy atom. The van der Waals surface area contributed by atoms with Gasteiger partial charge in [-0.05, 0) is 62.4 Å². The van der Waals surface area contributed by atoms with Gasteiger partial charge in [0.25, 0.3) is 0 Å². The Hall–Kier alpha value is -1.46. The highest BCUT2D eigenvalue weighted by Gasteiger charge is 2.26. The summed E-state index contributed by atoms with van der Waals surface area (Å²) in [6.45, 7) is 2.66. The van der Waals surface area contributed by atoms with Gasteiger partial charge < -0.3 is 10.2 Å². The van der Waals surface area contributed by atoms with Gasteiger partial charge in [0.05, 0.1) is 0 Å². The summed E-state index contributed by atoms with van der Waals surface area (Å²) < 4.78 is 12.9. The molecule has 1 saturated carbocycles. The van der Waals surface area contributed by atoms with Gasteiger partial charge in [-0.2, -0.15) is 0 Å². The summed E-state index contributed by atoms with van der Waals surface area (Å²) in [7, 11) is 0. The maximum absolute atomic E-state index is 12.9. The van der Waals surface area contributed by atoms with Crippen LogP contribution >= 0.6 is 12.4 Å². The first-order chi connectivity index (χ1) is 11.6. The minimum absolute atomic E-state index is 0. The van der Waals surface area contributed by atoms with Gasteiger partial charge in [-0.3, -0.25) is 9.59 Å². The summed E-state index contributed by atoms with van der Waals surface area (Å²) in [5.74, 6) is 0.457. The smallest absolute Gasteiger partial charge is 0.223 e. The van der Waals surface area contributed by atoms with Crippen LogP contribution in [0.15, 0.2) is 24.3 Å². The van der Waals surface area contributed by atoms with Gasteiger partial charge in [0, 0.05) is 37.5 Å². The van der Waals surface area contributed by atoms with Gasteiger partial charge >= 0.3 is 0 Å². The van der Waals surface area contributed by atoms with E-state index in [9.17, 15) is 14.0 Å². The van der Waals surface area contributed by atoms with E-state index in [4.69, 9.17) is 0 Å². The van der Waals surface area contributed by atoms with Gasteiger partial charge in [0.2, 0.25) is 5.91 Å². The number of ketones is 1. The average Bonchev–Trinajstić information content (AvgIpc) is 3.43. The number of rotatable bonds is 7. The Morgan fingerprint density at radius 1 is 1.04 bits per heavy atom. The van der Waals surface area contributed by atoms with Crippen molar-refractivity contribution >= 4 is 24.1 Å². The summed E-state index contributed by atoms with van der Waals surface area (Å²) in [6.07, 6.45) is 5.11. The number of likely N-dealkylation sites (tertiary alicyclic amines) is 1. The third-order valence-electron chi connectivity index (χ3n) is 4.97. The molecule has 0 unspecified atom stereocenters. The highest BCUT2D eigenvalue weighted by molar-refractivity contribution is 5.97. The molecular formula is C19H26ClFN2O2. The van der Waals surface area contributed by atoms with E-state index in [1.54, 1.807) is 0 Å². The quantitative estimate of drug-likeness (QED) is 0.752. The van der Waals surface area contributed by atoms with E-state index >= 15 is 0 Å². The number of carbonyl (C=O) groups is 2. The lowest BCUT2D eigenvalue weighted by Crippen LogP contribution is -2.45. The SMILES string of the molecule is Cl.O=C(CCC(=O)N1CCC(NCC2CC2)CC1)c1ccc(F)cc1. The van der Waals surface area contributed by atoms with E-state index in [0.717, 1.165) is 38.4 Å². The molecule has 1 aliphatic heterocycles. The number of hydrogen-bond acceptors (Lipinski definition) is 3. The number of carbonyl (C=O) groups excluding carboxylic acids is 2. The first-order valence-electron chi connectivity index (χ1n) is 8.92. The molecular weight excluding hydrogens is 343 g/mol. The first-order valence-corrected chi connectivity index (χ1v) is 8.92. The molecule has 1 aromatic rings. The number of piperidine rings is 1. The molecule has 0 atom stereocenters. The summed E-state index contributed by atoms with van der Waals surface area (Å²) in [6, 6.07) is 6.01. The molecule has 0 radical (unpaired) electrons. The lowest BCUT2D eigenvalue weighted by Gasteiger charge is -2.32. The summed E-state index contributed by atoms with van der Waals surface area (Å²) in [5.41, 5.74) is 0.465. The predicted octanol–water partition coefficient (Wildman–Crippen LogP) is 3.20. The number of benzene rings is 1. The Kier molecular flexibility index (Phi) is 7.38. The third-order valence-corrected chi connectivity index (χ3v) is 4.97. The summed E-state index contributed by atoms with van der Waals surface area (Å²) in [5, 5.41) is 3.60. The molecule has 0 aromatic heterocycles. The molecule has 2 aliphatic rings. The zero-order valence-corrected chi connectivity index (χ0v) is 15.2. The minimum atomic E-state index is -0.360. The molecule has 1 amide bonds. The van der Waals surface area contributed by atoms with Crippen LogP contribution in [0.4, 0.5) is 4.39 Å². The summed E-state index contributed by atoms with van der Waals surface area (Å²) >= 11 is 0. The molecule has 3 rings (SSSR count). The van der Waals surface area contributed by atoms with Crippen molar-refractivity contribution in [1.29, 1.82) is 0 Å². The van der Waals surface area contributed by atoms with Crippen LogP contribution < -0.4 is 5.32 Å². The van der Waals surface area contributed by atoms with Crippen LogP contribution in [0.25, 0.3) is 0 Å². The highest BCUT2D eigenvalue weighted by Crippen LogP contribution is 2.28. The van der Waals surface area contributed by atoms with E-state index in [1.165, 1.54) is 37.1 Å². The van der Waals surface area contributed by atoms with Gasteiger partial charge in [0.15, 0.2) is 5.78 Å². The van der Waals surface area contributed by atoms with Crippen molar-refractivity contribution in [1.82, 2.24) is 10.2 Å². The molecule has 1 aliphatic carbocycles. The fourth-order valence-electron chi connectivity index (χ4n) is 3.15. The van der Waals surface area contributed by atoms with Crippen LogP contribution in [-0.4, -0.2) is 42.3 Å². The molecule has 6 heteroatoms. The Bertz CT molecular complexity index is 582. The van der Waals surface area contributed by atoms with Gasteiger partial charge in [-0.25, -0.2) is 4.39 Å². The third kappa shape index (κ3) is 6.08. The van der Waals surface area contributed by atoms with Crippen LogP contribution in [0.3, 0.4) is 0 Å². The van der Waals surface area contributed by atoms with E-state index in [-0.39, 0.29) is 42.8 Å². The van der Waals surface area contributed by atoms with Crippen LogP contribution in [0.1, 0.15) is 48.9 Å². The number of hydrogen-bond donors (Lipinski definition) is 1. The number of halogens is 2. The predicted molar refractivity (Wildman–Crippen MR) is 97.5 cm³/mol. The minimum Gasteiger partial charge on any atom is -0.343 e. The number of nitrogens with one attached hydrogen (secondary N) is 1. The van der Waals surface area contributed by atoms with Crippen LogP contribution in [-0.2, 0) is 4.79 Å². The maximum atomic E-state index is 12.9. The molecule has 2 fully saturated rings. The standard InChI is InChI=1S/C19H25FN2O2.ClH/c20-16-5-3-15(4-6-16)18(23)7-8-19(24)22-11-9-17(10-12-22)21-13-14-1-2-14;/h3-6,14,17,21H,1-2,7-13H2;1H. The molecule has 1 saturated heterocycles. The fourth-order valence-corrected chi connectivity index (χ4v) is 3.15. The molecule has 25 heavy (non-hydrogen) atoms. The fraction of sp³-hybridized carbons (Fsp3) is 0.579. The largest absolute Gasteiger partial charge is 0.343 e. The number of nitrogens with zero attached hydrogens (tertiary/aromatic N) is 1. The van der Waals surface area contributed by atoms with Crippen molar-refractivity contribution in [2.75, 3.05) is 19.6 Å². The lowest BCUT2D eigenvalue weighted by atomic mass is 10.0. The van der Waals surface area contributed by atoms with Crippen molar-refractivity contribution < 1.29 is 14.0 Å². The molecule has 0 bridgehead atoms. The van der Waals surface area contributed by atoms with E-state index < -0.39 is 0 Å². The molecule has 4 nitrogen and oxygen atoms in total. The zero-order chi connectivity index (χ0) is 16.9. The van der Waals surface area contributed by atoms with Crippen molar-refractivity contribution in [3.05, 3.63) is 35.6 Å². The Balaban J connectivity index is 0.00000225. The molecule has 1 heterocycles. The highest BCUT2D eigenvalue weighted by atomic mass is 35.5. The second-order valence-corrected chi connectivity index (χ2v) is 6.94. The van der Waals surface area contributed by atoms with Crippen LogP contribution in [0, 0.1) is 11.7 Å². The topological polar surface area (TPSA) is 49.4 Å². The molecule has 138 valence electrons. The van der Waals surface area contributed by atoms with E-state index in [0.29, 0.717) is 11.6 Å². The zero-order valence-electron chi connectivity index (χ0n) is 14.4. The van der Waals surface area contributed by atoms with Crippen molar-refractivity contribution in [3.8, 4) is 0 Å². The van der Waals surface area contributed by atoms with Crippen LogP contribution in [0.2, 0.25) is 0 Å². The molecule has 0 spiro atoms. The Labute approximate surface area is 154 Å². The monoisotopic (exact) mass is 368 g/mol. The number of Topliss-reactive ketones (excluding diaryl/α,β-unsaturated/α-hetero) is 1. The second kappa shape index (κ2) is 9.30. The van der Waals surface area contributed by atoms with Gasteiger partial charge in [-0.15, -0.1) is 12.4 Å². The lowest BCUT2D eigenvalue weighted by molar-refractivity contribution is -0.132. The van der Waals surface area contributed by atoms with Crippen molar-refractivity contribution in [2.24, 2.45) is 5.92 Å². The van der Waals surface area contributed by atoms with E-state index in [2.05, 4.69) is 5.32 Å². The van der Waals surface area contributed by atoms with Crippen molar-refractivity contribution in [2.45, 2.75) is 44.6 Å². The van der Waals surface area contributed by atoms with Crippen LogP contribution in [0.5, 0.6) is 0 Å². The van der Waals surface area contributed by atoms with Crippen molar-refractivity contribution in [3.63, 3.8) is 0 Å². The van der Waals surface area contributed by atoms with Gasteiger partial charge in [-0.1, -0.05) is 0 Å². The van der Waals surface area contributed by atoms with E-state index in [1.807, 2.05) is 4.90 Å². The summed E-state index contributed by atoms with van der Waals surface area (Å²) in [4.78, 5) is 26.2. The number of amides is 1. The Morgan fingerprint density at radius 3 is 2.28 bits per heavy atom. The van der Waals surface area contributed by atoms with Gasteiger partial charge in [0.1, 0.15) is 5.82 Å². The second-order valence-electron chi connectivity index (χ2n) is 6.94. The normalized spacial score (nSPS) is 17.9. The average molecular weight is 369 g/mol. The maximum Gasteiger partial charge on any atom is 0.223 e. The first kappa shape index (κ1) is 19.9. The molecule has 1 aromatic carbocycles.